The van der Waals surface area contributed by atoms with E-state index in [0.717, 1.165) is 39.2 Å². The van der Waals surface area contributed by atoms with Gasteiger partial charge in [0, 0.05) is 48.0 Å². The fraction of sp³-hybridized carbons (Fsp3) is 0. The maximum atomic E-state index is 6.39. The van der Waals surface area contributed by atoms with Crippen LogP contribution in [0.5, 0.6) is 0 Å². The molecule has 2 aromatic heterocycles. The zero-order valence-corrected chi connectivity index (χ0v) is 27.3. The summed E-state index contributed by atoms with van der Waals surface area (Å²) in [6.45, 7) is 0. The molecular weight excluding hydrogens is 615 g/mol. The minimum Gasteiger partial charge on any atom is -0.456 e. The van der Waals surface area contributed by atoms with Crippen molar-refractivity contribution in [2.75, 3.05) is 4.90 Å². The van der Waals surface area contributed by atoms with Crippen LogP contribution in [0.3, 0.4) is 0 Å². The molecule has 10 rings (SSSR count). The molecular formula is C46H29NOS. The van der Waals surface area contributed by atoms with Crippen molar-refractivity contribution in [2.45, 2.75) is 0 Å². The molecule has 0 aliphatic heterocycles. The number of furan rings is 1. The highest BCUT2D eigenvalue weighted by Crippen LogP contribution is 2.43. The molecule has 10 aromatic rings. The van der Waals surface area contributed by atoms with Gasteiger partial charge in [-0.25, -0.2) is 0 Å². The lowest BCUT2D eigenvalue weighted by Gasteiger charge is -2.26. The van der Waals surface area contributed by atoms with Crippen molar-refractivity contribution >= 4 is 81.3 Å². The zero-order valence-electron chi connectivity index (χ0n) is 26.5. The van der Waals surface area contributed by atoms with Gasteiger partial charge in [0.15, 0.2) is 0 Å². The molecule has 230 valence electrons. The molecule has 2 nitrogen and oxygen atoms in total. The maximum Gasteiger partial charge on any atom is 0.136 e. The summed E-state index contributed by atoms with van der Waals surface area (Å²) in [5.74, 6) is 0. The van der Waals surface area contributed by atoms with Crippen LogP contribution in [0.25, 0.3) is 75.1 Å². The predicted molar refractivity (Wildman–Crippen MR) is 210 cm³/mol. The topological polar surface area (TPSA) is 16.4 Å². The van der Waals surface area contributed by atoms with Gasteiger partial charge in [-0.3, -0.25) is 0 Å². The van der Waals surface area contributed by atoms with E-state index in [1.165, 1.54) is 53.0 Å². The van der Waals surface area contributed by atoms with Gasteiger partial charge >= 0.3 is 0 Å². The Hall–Kier alpha value is -6.16. The number of hydrogen-bond acceptors (Lipinski definition) is 3. The number of benzene rings is 8. The third-order valence-corrected chi connectivity index (χ3v) is 10.8. The Morgan fingerprint density at radius 2 is 0.939 bits per heavy atom. The summed E-state index contributed by atoms with van der Waals surface area (Å²) in [7, 11) is 0. The molecule has 0 unspecified atom stereocenters. The number of fused-ring (bicyclic) bond motifs is 8. The molecule has 0 aliphatic rings. The second kappa shape index (κ2) is 11.2. The molecule has 0 fully saturated rings. The van der Waals surface area contributed by atoms with Crippen molar-refractivity contribution in [3.63, 3.8) is 0 Å². The molecule has 0 N–H and O–H groups in total. The Balaban J connectivity index is 1.12. The standard InChI is InChI=1S/C46H29NOS/c1-2-10-30(11-3-1)31-18-22-33(23-19-31)47(35-26-27-45-41(28-35)37-13-7-9-17-44(37)49-45)34-24-20-32(21-25-34)40-29-43-46(38-14-5-4-12-36(38)40)39-15-6-8-16-42(39)48-43/h1-29H. The molecule has 0 saturated carbocycles. The van der Waals surface area contributed by atoms with E-state index < -0.39 is 0 Å². The summed E-state index contributed by atoms with van der Waals surface area (Å²) < 4.78 is 9.00. The third-order valence-electron chi connectivity index (χ3n) is 9.67. The first-order chi connectivity index (χ1) is 24.3. The summed E-state index contributed by atoms with van der Waals surface area (Å²) in [5, 5.41) is 7.34. The monoisotopic (exact) mass is 643 g/mol. The van der Waals surface area contributed by atoms with Crippen LogP contribution < -0.4 is 4.90 Å². The largest absolute Gasteiger partial charge is 0.456 e. The minimum absolute atomic E-state index is 0.912. The summed E-state index contributed by atoms with van der Waals surface area (Å²) in [6, 6.07) is 63.2. The van der Waals surface area contributed by atoms with Crippen molar-refractivity contribution in [2.24, 2.45) is 0 Å². The van der Waals surface area contributed by atoms with E-state index in [1.54, 1.807) is 0 Å². The zero-order chi connectivity index (χ0) is 32.3. The Bertz CT molecular complexity index is 2810. The van der Waals surface area contributed by atoms with Gasteiger partial charge in [0.2, 0.25) is 0 Å². The van der Waals surface area contributed by atoms with E-state index >= 15 is 0 Å². The van der Waals surface area contributed by atoms with Crippen LogP contribution in [-0.4, -0.2) is 0 Å². The fourth-order valence-electron chi connectivity index (χ4n) is 7.35. The van der Waals surface area contributed by atoms with Gasteiger partial charge in [0.1, 0.15) is 11.2 Å². The average Bonchev–Trinajstić information content (AvgIpc) is 3.74. The lowest BCUT2D eigenvalue weighted by atomic mass is 9.94. The highest BCUT2D eigenvalue weighted by Gasteiger charge is 2.18. The number of rotatable bonds is 5. The van der Waals surface area contributed by atoms with Gasteiger partial charge in [-0.2, -0.15) is 0 Å². The van der Waals surface area contributed by atoms with Crippen molar-refractivity contribution in [3.8, 4) is 22.3 Å². The smallest absolute Gasteiger partial charge is 0.136 e. The molecule has 0 spiro atoms. The lowest BCUT2D eigenvalue weighted by Crippen LogP contribution is -2.09. The molecule has 8 aromatic carbocycles. The number of anilines is 3. The van der Waals surface area contributed by atoms with Crippen molar-refractivity contribution in [1.29, 1.82) is 0 Å². The van der Waals surface area contributed by atoms with Crippen LogP contribution >= 0.6 is 11.3 Å². The Labute approximate surface area is 287 Å². The quantitative estimate of drug-likeness (QED) is 0.186. The second-order valence-corrected chi connectivity index (χ2v) is 13.6. The average molecular weight is 644 g/mol. The SMILES string of the molecule is c1ccc(-c2ccc(N(c3ccc(-c4cc5oc6ccccc6c5c5ccccc45)cc3)c3ccc4sc5ccccc5c4c3)cc2)cc1. The first-order valence-corrected chi connectivity index (χ1v) is 17.4. The summed E-state index contributed by atoms with van der Waals surface area (Å²) in [5.41, 5.74) is 9.90. The van der Waals surface area contributed by atoms with Crippen molar-refractivity contribution in [1.82, 2.24) is 0 Å². The van der Waals surface area contributed by atoms with Gasteiger partial charge in [0.25, 0.3) is 0 Å². The number of thiophene rings is 1. The molecule has 2 heterocycles. The number of para-hydroxylation sites is 1. The third kappa shape index (κ3) is 4.62. The Morgan fingerprint density at radius 1 is 0.367 bits per heavy atom. The van der Waals surface area contributed by atoms with E-state index in [4.69, 9.17) is 4.42 Å². The molecule has 0 amide bonds. The highest BCUT2D eigenvalue weighted by molar-refractivity contribution is 7.25. The van der Waals surface area contributed by atoms with Crippen LogP contribution in [0.4, 0.5) is 17.1 Å². The van der Waals surface area contributed by atoms with Gasteiger partial charge in [-0.1, -0.05) is 115 Å². The van der Waals surface area contributed by atoms with Gasteiger partial charge in [-0.15, -0.1) is 11.3 Å². The van der Waals surface area contributed by atoms with Crippen LogP contribution in [-0.2, 0) is 0 Å². The normalized spacial score (nSPS) is 11.7. The molecule has 0 atom stereocenters. The van der Waals surface area contributed by atoms with E-state index in [1.807, 2.05) is 17.4 Å². The van der Waals surface area contributed by atoms with Crippen LogP contribution in [0.2, 0.25) is 0 Å². The first kappa shape index (κ1) is 27.9. The van der Waals surface area contributed by atoms with Gasteiger partial charge in [-0.05, 0) is 93.7 Å². The van der Waals surface area contributed by atoms with Crippen LogP contribution in [0.15, 0.2) is 180 Å². The number of nitrogens with zero attached hydrogens (tertiary/aromatic N) is 1. The highest BCUT2D eigenvalue weighted by atomic mass is 32.1. The second-order valence-electron chi connectivity index (χ2n) is 12.5. The van der Waals surface area contributed by atoms with E-state index in [2.05, 4.69) is 175 Å². The predicted octanol–water partition coefficient (Wildman–Crippen LogP) is 13.9. The first-order valence-electron chi connectivity index (χ1n) is 16.6. The summed E-state index contributed by atoms with van der Waals surface area (Å²) in [4.78, 5) is 2.37. The molecule has 0 saturated heterocycles. The van der Waals surface area contributed by atoms with E-state index in [-0.39, 0.29) is 0 Å². The Morgan fingerprint density at radius 3 is 1.71 bits per heavy atom. The fourth-order valence-corrected chi connectivity index (χ4v) is 8.44. The van der Waals surface area contributed by atoms with Gasteiger partial charge < -0.3 is 9.32 Å². The summed E-state index contributed by atoms with van der Waals surface area (Å²) in [6.07, 6.45) is 0. The molecule has 0 aliphatic carbocycles. The van der Waals surface area contributed by atoms with Crippen LogP contribution in [0, 0.1) is 0 Å². The molecule has 3 heteroatoms. The van der Waals surface area contributed by atoms with Gasteiger partial charge in [0.05, 0.1) is 0 Å². The van der Waals surface area contributed by atoms with Crippen molar-refractivity contribution in [3.05, 3.63) is 176 Å². The molecule has 0 radical (unpaired) electrons. The number of hydrogen-bond donors (Lipinski definition) is 0. The van der Waals surface area contributed by atoms with Crippen LogP contribution in [0.1, 0.15) is 0 Å². The molecule has 0 bridgehead atoms. The lowest BCUT2D eigenvalue weighted by molar-refractivity contribution is 0.669. The van der Waals surface area contributed by atoms with E-state index in [0.29, 0.717) is 0 Å². The Kier molecular flexibility index (Phi) is 6.39. The minimum atomic E-state index is 0.912. The van der Waals surface area contributed by atoms with Crippen molar-refractivity contribution < 1.29 is 4.42 Å². The maximum absolute atomic E-state index is 6.39. The summed E-state index contributed by atoms with van der Waals surface area (Å²) >= 11 is 1.85. The molecule has 49 heavy (non-hydrogen) atoms. The van der Waals surface area contributed by atoms with E-state index in [9.17, 15) is 0 Å².